The summed E-state index contributed by atoms with van der Waals surface area (Å²) in [6, 6.07) is 16.6. The number of hydrogen-bond donors (Lipinski definition) is 1. The van der Waals surface area contributed by atoms with E-state index < -0.39 is 0 Å². The van der Waals surface area contributed by atoms with Gasteiger partial charge in [-0.2, -0.15) is 0 Å². The van der Waals surface area contributed by atoms with Gasteiger partial charge >= 0.3 is 0 Å². The van der Waals surface area contributed by atoms with Gasteiger partial charge in [0.1, 0.15) is 11.5 Å². The molecule has 0 saturated heterocycles. The van der Waals surface area contributed by atoms with Crippen molar-refractivity contribution in [3.05, 3.63) is 59.7 Å². The monoisotopic (exact) mass is 327 g/mol. The maximum absolute atomic E-state index is 6.05. The second-order valence-electron chi connectivity index (χ2n) is 6.37. The second kappa shape index (κ2) is 9.33. The van der Waals surface area contributed by atoms with Crippen molar-refractivity contribution in [1.29, 1.82) is 0 Å². The first-order valence-electron chi connectivity index (χ1n) is 8.80. The third-order valence-corrected chi connectivity index (χ3v) is 3.84. The zero-order chi connectivity index (χ0) is 17.4. The van der Waals surface area contributed by atoms with Gasteiger partial charge in [0, 0.05) is 5.92 Å². The predicted octanol–water partition coefficient (Wildman–Crippen LogP) is 4.55. The Balaban J connectivity index is 2.11. The Morgan fingerprint density at radius 3 is 2.46 bits per heavy atom. The molecule has 2 N–H and O–H groups in total. The summed E-state index contributed by atoms with van der Waals surface area (Å²) < 4.78 is 11.5. The van der Waals surface area contributed by atoms with E-state index in [4.69, 9.17) is 15.2 Å². The number of rotatable bonds is 9. The largest absolute Gasteiger partial charge is 0.494 e. The van der Waals surface area contributed by atoms with E-state index in [0.29, 0.717) is 6.54 Å². The smallest absolute Gasteiger partial charge is 0.119 e. The molecule has 0 heterocycles. The molecule has 24 heavy (non-hydrogen) atoms. The van der Waals surface area contributed by atoms with Gasteiger partial charge in [0.2, 0.25) is 0 Å². The van der Waals surface area contributed by atoms with E-state index in [1.807, 2.05) is 38.1 Å². The first-order chi connectivity index (χ1) is 11.6. The molecular formula is C21H29NO2. The summed E-state index contributed by atoms with van der Waals surface area (Å²) in [6.07, 6.45) is 2.08. The van der Waals surface area contributed by atoms with Gasteiger partial charge in [-0.25, -0.2) is 0 Å². The van der Waals surface area contributed by atoms with Crippen LogP contribution in [0.4, 0.5) is 0 Å². The van der Waals surface area contributed by atoms with Crippen LogP contribution in [-0.2, 0) is 6.42 Å². The lowest BCUT2D eigenvalue weighted by Crippen LogP contribution is -2.15. The third-order valence-electron chi connectivity index (χ3n) is 3.84. The molecule has 2 rings (SSSR count). The highest BCUT2D eigenvalue weighted by Crippen LogP contribution is 2.25. The summed E-state index contributed by atoms with van der Waals surface area (Å²) in [4.78, 5) is 0. The van der Waals surface area contributed by atoms with E-state index in [1.165, 1.54) is 11.1 Å². The first kappa shape index (κ1) is 18.3. The van der Waals surface area contributed by atoms with Crippen LogP contribution < -0.4 is 15.2 Å². The zero-order valence-corrected chi connectivity index (χ0v) is 15.0. The fourth-order valence-corrected chi connectivity index (χ4v) is 2.72. The number of benzene rings is 2. The molecule has 3 nitrogen and oxygen atoms in total. The van der Waals surface area contributed by atoms with Gasteiger partial charge < -0.3 is 15.2 Å². The van der Waals surface area contributed by atoms with Crippen LogP contribution in [0.25, 0.3) is 0 Å². The van der Waals surface area contributed by atoms with Gasteiger partial charge in [0.15, 0.2) is 0 Å². The van der Waals surface area contributed by atoms with Crippen LogP contribution in [0, 0.1) is 0 Å². The zero-order valence-electron chi connectivity index (χ0n) is 15.0. The average Bonchev–Trinajstić information content (AvgIpc) is 2.58. The van der Waals surface area contributed by atoms with Gasteiger partial charge in [0.25, 0.3) is 0 Å². The lowest BCUT2D eigenvalue weighted by molar-refractivity contribution is 0.242. The van der Waals surface area contributed by atoms with Gasteiger partial charge in [-0.05, 0) is 68.6 Å². The van der Waals surface area contributed by atoms with E-state index in [2.05, 4.69) is 31.2 Å². The minimum Gasteiger partial charge on any atom is -0.494 e. The number of nitrogens with two attached hydrogens (primary N) is 1. The van der Waals surface area contributed by atoms with E-state index in [9.17, 15) is 0 Å². The highest BCUT2D eigenvalue weighted by atomic mass is 16.5. The minimum atomic E-state index is 0.179. The lowest BCUT2D eigenvalue weighted by Gasteiger charge is -2.17. The molecular weight excluding hydrogens is 298 g/mol. The molecule has 2 aromatic rings. The Morgan fingerprint density at radius 1 is 1.00 bits per heavy atom. The molecule has 0 aliphatic heterocycles. The lowest BCUT2D eigenvalue weighted by atomic mass is 9.92. The maximum atomic E-state index is 6.05. The molecule has 0 radical (unpaired) electrons. The average molecular weight is 327 g/mol. The minimum absolute atomic E-state index is 0.179. The van der Waals surface area contributed by atoms with Crippen molar-refractivity contribution in [3.8, 4) is 11.5 Å². The van der Waals surface area contributed by atoms with Gasteiger partial charge in [-0.1, -0.05) is 31.2 Å². The standard InChI is InChI=1S/C21H29NO2/c1-4-11-23-20-9-6-8-18(14-20)19(15-22)12-17-7-5-10-21(13-17)24-16(2)3/h5-10,13-14,16,19H,4,11-12,15,22H2,1-3H3. The number of ether oxygens (including phenoxy) is 2. The highest BCUT2D eigenvalue weighted by Gasteiger charge is 2.12. The molecule has 3 heteroatoms. The summed E-state index contributed by atoms with van der Waals surface area (Å²) in [7, 11) is 0. The van der Waals surface area contributed by atoms with Crippen LogP contribution in [0.2, 0.25) is 0 Å². The van der Waals surface area contributed by atoms with Crippen molar-refractivity contribution in [2.75, 3.05) is 13.2 Å². The Bertz CT molecular complexity index is 625. The Hall–Kier alpha value is -2.00. The SMILES string of the molecule is CCCOc1cccc(C(CN)Cc2cccc(OC(C)C)c2)c1. The van der Waals surface area contributed by atoms with Crippen LogP contribution in [0.1, 0.15) is 44.2 Å². The molecule has 2 aromatic carbocycles. The molecule has 130 valence electrons. The van der Waals surface area contributed by atoms with E-state index in [0.717, 1.165) is 30.9 Å². The van der Waals surface area contributed by atoms with Crippen molar-refractivity contribution >= 4 is 0 Å². The van der Waals surface area contributed by atoms with Gasteiger partial charge in [0.05, 0.1) is 12.7 Å². The summed E-state index contributed by atoms with van der Waals surface area (Å²) >= 11 is 0. The normalized spacial score (nSPS) is 12.2. The van der Waals surface area contributed by atoms with Crippen molar-refractivity contribution in [2.24, 2.45) is 5.73 Å². The van der Waals surface area contributed by atoms with Crippen LogP contribution in [0.15, 0.2) is 48.5 Å². The van der Waals surface area contributed by atoms with Gasteiger partial charge in [-0.15, -0.1) is 0 Å². The summed E-state index contributed by atoms with van der Waals surface area (Å²) in [5.41, 5.74) is 8.51. The first-order valence-corrected chi connectivity index (χ1v) is 8.80. The molecule has 1 unspecified atom stereocenters. The molecule has 0 aromatic heterocycles. The van der Waals surface area contributed by atoms with Crippen molar-refractivity contribution in [2.45, 2.75) is 45.6 Å². The predicted molar refractivity (Wildman–Crippen MR) is 99.9 cm³/mol. The Labute approximate surface area is 145 Å². The molecule has 0 spiro atoms. The second-order valence-corrected chi connectivity index (χ2v) is 6.37. The number of hydrogen-bond acceptors (Lipinski definition) is 3. The third kappa shape index (κ3) is 5.57. The van der Waals surface area contributed by atoms with Crippen LogP contribution >= 0.6 is 0 Å². The Morgan fingerprint density at radius 2 is 1.75 bits per heavy atom. The van der Waals surface area contributed by atoms with E-state index >= 15 is 0 Å². The highest BCUT2D eigenvalue weighted by molar-refractivity contribution is 5.34. The summed E-state index contributed by atoms with van der Waals surface area (Å²) in [6.45, 7) is 7.53. The molecule has 0 aliphatic rings. The summed E-state index contributed by atoms with van der Waals surface area (Å²) in [5, 5.41) is 0. The molecule has 0 fully saturated rings. The summed E-state index contributed by atoms with van der Waals surface area (Å²) in [5.74, 6) is 2.10. The molecule has 1 atom stereocenters. The molecule has 0 bridgehead atoms. The van der Waals surface area contributed by atoms with Crippen LogP contribution in [-0.4, -0.2) is 19.3 Å². The van der Waals surface area contributed by atoms with E-state index in [-0.39, 0.29) is 12.0 Å². The van der Waals surface area contributed by atoms with Crippen molar-refractivity contribution < 1.29 is 9.47 Å². The maximum Gasteiger partial charge on any atom is 0.119 e. The quantitative estimate of drug-likeness (QED) is 0.735. The van der Waals surface area contributed by atoms with Crippen molar-refractivity contribution in [3.63, 3.8) is 0 Å². The fourth-order valence-electron chi connectivity index (χ4n) is 2.72. The molecule has 0 saturated carbocycles. The fraction of sp³-hybridized carbons (Fsp3) is 0.429. The van der Waals surface area contributed by atoms with Gasteiger partial charge in [-0.3, -0.25) is 0 Å². The topological polar surface area (TPSA) is 44.5 Å². The van der Waals surface area contributed by atoms with Crippen LogP contribution in [0.5, 0.6) is 11.5 Å². The van der Waals surface area contributed by atoms with E-state index in [1.54, 1.807) is 0 Å². The molecule has 0 amide bonds. The molecule has 0 aliphatic carbocycles. The van der Waals surface area contributed by atoms with Crippen LogP contribution in [0.3, 0.4) is 0 Å². The Kier molecular flexibility index (Phi) is 7.13. The van der Waals surface area contributed by atoms with Crippen molar-refractivity contribution in [1.82, 2.24) is 0 Å².